The predicted molar refractivity (Wildman–Crippen MR) is 95.6 cm³/mol. The highest BCUT2D eigenvalue weighted by atomic mass is 16.5. The number of amides is 1. The predicted octanol–water partition coefficient (Wildman–Crippen LogP) is 3.12. The molecule has 0 spiro atoms. The standard InChI is InChI=1S/C19H20N2O4/c1-23-14-8-7-12-9-16(21-15(12)10-14)19(22)20-11-13-5-4-6-17(24-2)18(13)25-3/h4-10,21H,11H2,1-3H3,(H,20,22). The third kappa shape index (κ3) is 3.38. The fourth-order valence-electron chi connectivity index (χ4n) is 2.72. The third-order valence-corrected chi connectivity index (χ3v) is 4.00. The smallest absolute Gasteiger partial charge is 0.267 e. The van der Waals surface area contributed by atoms with Crippen molar-refractivity contribution in [2.45, 2.75) is 6.54 Å². The summed E-state index contributed by atoms with van der Waals surface area (Å²) in [6.07, 6.45) is 0. The summed E-state index contributed by atoms with van der Waals surface area (Å²) >= 11 is 0. The summed E-state index contributed by atoms with van der Waals surface area (Å²) in [4.78, 5) is 15.6. The van der Waals surface area contributed by atoms with Gasteiger partial charge in [-0.2, -0.15) is 0 Å². The van der Waals surface area contributed by atoms with E-state index in [2.05, 4.69) is 10.3 Å². The lowest BCUT2D eigenvalue weighted by Crippen LogP contribution is -2.23. The van der Waals surface area contributed by atoms with Gasteiger partial charge in [-0.3, -0.25) is 4.79 Å². The van der Waals surface area contributed by atoms with Crippen LogP contribution in [0.2, 0.25) is 0 Å². The van der Waals surface area contributed by atoms with Gasteiger partial charge in [0.25, 0.3) is 5.91 Å². The largest absolute Gasteiger partial charge is 0.497 e. The Morgan fingerprint density at radius 1 is 1.04 bits per heavy atom. The van der Waals surface area contributed by atoms with Gasteiger partial charge < -0.3 is 24.5 Å². The van der Waals surface area contributed by atoms with Crippen LogP contribution in [0.3, 0.4) is 0 Å². The van der Waals surface area contributed by atoms with E-state index in [1.807, 2.05) is 42.5 Å². The molecule has 0 unspecified atom stereocenters. The molecule has 0 atom stereocenters. The van der Waals surface area contributed by atoms with E-state index in [1.54, 1.807) is 21.3 Å². The Labute approximate surface area is 145 Å². The van der Waals surface area contributed by atoms with Crippen molar-refractivity contribution in [1.29, 1.82) is 0 Å². The van der Waals surface area contributed by atoms with Gasteiger partial charge in [0, 0.05) is 29.1 Å². The van der Waals surface area contributed by atoms with E-state index in [1.165, 1.54) is 0 Å². The number of carbonyl (C=O) groups excluding carboxylic acids is 1. The summed E-state index contributed by atoms with van der Waals surface area (Å²) in [7, 11) is 4.77. The van der Waals surface area contributed by atoms with Crippen LogP contribution in [-0.2, 0) is 6.54 Å². The van der Waals surface area contributed by atoms with Gasteiger partial charge in [-0.25, -0.2) is 0 Å². The second-order valence-electron chi connectivity index (χ2n) is 5.47. The number of benzene rings is 2. The first kappa shape index (κ1) is 16.7. The topological polar surface area (TPSA) is 72.6 Å². The van der Waals surface area contributed by atoms with Gasteiger partial charge in [-0.1, -0.05) is 12.1 Å². The summed E-state index contributed by atoms with van der Waals surface area (Å²) < 4.78 is 15.9. The van der Waals surface area contributed by atoms with Gasteiger partial charge in [0.1, 0.15) is 11.4 Å². The van der Waals surface area contributed by atoms with Crippen LogP contribution in [0.25, 0.3) is 10.9 Å². The summed E-state index contributed by atoms with van der Waals surface area (Å²) in [6, 6.07) is 13.0. The highest BCUT2D eigenvalue weighted by molar-refractivity contribution is 5.98. The lowest BCUT2D eigenvalue weighted by Gasteiger charge is -2.12. The Kier molecular flexibility index (Phi) is 4.79. The molecule has 0 aliphatic rings. The van der Waals surface area contributed by atoms with Crippen molar-refractivity contribution < 1.29 is 19.0 Å². The van der Waals surface area contributed by atoms with Gasteiger partial charge in [0.2, 0.25) is 0 Å². The minimum atomic E-state index is -0.194. The average molecular weight is 340 g/mol. The van der Waals surface area contributed by atoms with Crippen molar-refractivity contribution in [2.24, 2.45) is 0 Å². The van der Waals surface area contributed by atoms with Gasteiger partial charge >= 0.3 is 0 Å². The second kappa shape index (κ2) is 7.17. The molecule has 6 nitrogen and oxygen atoms in total. The lowest BCUT2D eigenvalue weighted by molar-refractivity contribution is 0.0946. The van der Waals surface area contributed by atoms with Crippen LogP contribution in [0.1, 0.15) is 16.1 Å². The van der Waals surface area contributed by atoms with Gasteiger partial charge in [-0.05, 0) is 24.3 Å². The number of para-hydroxylation sites is 1. The quantitative estimate of drug-likeness (QED) is 0.723. The number of rotatable bonds is 6. The van der Waals surface area contributed by atoms with E-state index in [4.69, 9.17) is 14.2 Å². The minimum absolute atomic E-state index is 0.194. The summed E-state index contributed by atoms with van der Waals surface area (Å²) in [5, 5.41) is 3.84. The first-order valence-electron chi connectivity index (χ1n) is 7.81. The van der Waals surface area contributed by atoms with Crippen LogP contribution in [0.15, 0.2) is 42.5 Å². The number of aromatic amines is 1. The molecule has 0 saturated heterocycles. The number of hydrogen-bond acceptors (Lipinski definition) is 4. The van der Waals surface area contributed by atoms with E-state index >= 15 is 0 Å². The highest BCUT2D eigenvalue weighted by Crippen LogP contribution is 2.30. The van der Waals surface area contributed by atoms with Crippen LogP contribution in [0, 0.1) is 0 Å². The molecule has 1 aromatic heterocycles. The number of carbonyl (C=O) groups is 1. The Morgan fingerprint density at radius 3 is 2.60 bits per heavy atom. The molecule has 1 amide bonds. The number of H-pyrrole nitrogens is 1. The maximum absolute atomic E-state index is 12.5. The molecule has 0 radical (unpaired) electrons. The molecule has 0 aliphatic heterocycles. The molecule has 0 aliphatic carbocycles. The lowest BCUT2D eigenvalue weighted by atomic mass is 10.2. The van der Waals surface area contributed by atoms with Crippen LogP contribution in [0.4, 0.5) is 0 Å². The average Bonchev–Trinajstić information content (AvgIpc) is 3.08. The number of hydrogen-bond donors (Lipinski definition) is 2. The molecular formula is C19H20N2O4. The van der Waals surface area contributed by atoms with Crippen molar-refractivity contribution in [3.63, 3.8) is 0 Å². The van der Waals surface area contributed by atoms with Gasteiger partial charge in [0.15, 0.2) is 11.5 Å². The van der Waals surface area contributed by atoms with E-state index in [-0.39, 0.29) is 5.91 Å². The minimum Gasteiger partial charge on any atom is -0.497 e. The van der Waals surface area contributed by atoms with E-state index in [0.717, 1.165) is 22.2 Å². The van der Waals surface area contributed by atoms with Crippen molar-refractivity contribution in [2.75, 3.05) is 21.3 Å². The Morgan fingerprint density at radius 2 is 1.88 bits per heavy atom. The molecule has 25 heavy (non-hydrogen) atoms. The number of aromatic nitrogens is 1. The normalized spacial score (nSPS) is 10.5. The molecule has 6 heteroatoms. The van der Waals surface area contributed by atoms with Crippen molar-refractivity contribution >= 4 is 16.8 Å². The molecule has 2 aromatic carbocycles. The molecule has 1 heterocycles. The molecule has 3 aromatic rings. The molecule has 2 N–H and O–H groups in total. The molecule has 130 valence electrons. The van der Waals surface area contributed by atoms with Crippen LogP contribution in [0.5, 0.6) is 17.2 Å². The van der Waals surface area contributed by atoms with Crippen LogP contribution in [-0.4, -0.2) is 32.2 Å². The Balaban J connectivity index is 1.77. The van der Waals surface area contributed by atoms with E-state index < -0.39 is 0 Å². The highest BCUT2D eigenvalue weighted by Gasteiger charge is 2.13. The molecule has 0 bridgehead atoms. The van der Waals surface area contributed by atoms with Crippen molar-refractivity contribution in [1.82, 2.24) is 10.3 Å². The monoisotopic (exact) mass is 340 g/mol. The van der Waals surface area contributed by atoms with Gasteiger partial charge in [0.05, 0.1) is 21.3 Å². The molecule has 3 rings (SSSR count). The maximum Gasteiger partial charge on any atom is 0.267 e. The summed E-state index contributed by atoms with van der Waals surface area (Å²) in [5.74, 6) is 1.79. The number of fused-ring (bicyclic) bond motifs is 1. The molecule has 0 fully saturated rings. The zero-order valence-corrected chi connectivity index (χ0v) is 14.4. The number of nitrogens with one attached hydrogen (secondary N) is 2. The summed E-state index contributed by atoms with van der Waals surface area (Å²) in [6.45, 7) is 0.331. The maximum atomic E-state index is 12.5. The molecule has 0 saturated carbocycles. The fraction of sp³-hybridized carbons (Fsp3) is 0.211. The van der Waals surface area contributed by atoms with E-state index in [0.29, 0.717) is 23.7 Å². The Hall–Kier alpha value is -3.15. The summed E-state index contributed by atoms with van der Waals surface area (Å²) in [5.41, 5.74) is 2.18. The fourth-order valence-corrected chi connectivity index (χ4v) is 2.72. The molecular weight excluding hydrogens is 320 g/mol. The Bertz CT molecular complexity index is 902. The number of methoxy groups -OCH3 is 3. The zero-order chi connectivity index (χ0) is 17.8. The number of ether oxygens (including phenoxy) is 3. The first-order valence-corrected chi connectivity index (χ1v) is 7.81. The first-order chi connectivity index (χ1) is 12.2. The van der Waals surface area contributed by atoms with Crippen LogP contribution < -0.4 is 19.5 Å². The van der Waals surface area contributed by atoms with Crippen LogP contribution >= 0.6 is 0 Å². The van der Waals surface area contributed by atoms with Crippen molar-refractivity contribution in [3.8, 4) is 17.2 Å². The second-order valence-corrected chi connectivity index (χ2v) is 5.47. The van der Waals surface area contributed by atoms with E-state index in [9.17, 15) is 4.79 Å². The van der Waals surface area contributed by atoms with Gasteiger partial charge in [-0.15, -0.1) is 0 Å². The third-order valence-electron chi connectivity index (χ3n) is 4.00. The SMILES string of the molecule is COc1ccc2cc(C(=O)NCc3cccc(OC)c3OC)[nH]c2c1. The van der Waals surface area contributed by atoms with Crippen molar-refractivity contribution in [3.05, 3.63) is 53.7 Å². The zero-order valence-electron chi connectivity index (χ0n) is 14.4.